The Morgan fingerprint density at radius 2 is 1.94 bits per heavy atom. The summed E-state index contributed by atoms with van der Waals surface area (Å²) in [7, 11) is 0. The van der Waals surface area contributed by atoms with Crippen LogP contribution in [0.1, 0.15) is 59.6 Å². The third kappa shape index (κ3) is 8.08. The van der Waals surface area contributed by atoms with E-state index in [4.69, 9.17) is 32.7 Å². The number of benzene rings is 1. The van der Waals surface area contributed by atoms with Gasteiger partial charge in [-0.2, -0.15) is 0 Å². The highest BCUT2D eigenvalue weighted by Crippen LogP contribution is 2.41. The zero-order valence-electron chi connectivity index (χ0n) is 19.3. The van der Waals surface area contributed by atoms with Crippen LogP contribution in [0.15, 0.2) is 24.8 Å². The molecule has 1 aliphatic rings. The van der Waals surface area contributed by atoms with Crippen molar-refractivity contribution in [3.05, 3.63) is 40.4 Å². The second-order valence-electron chi connectivity index (χ2n) is 9.69. The summed E-state index contributed by atoms with van der Waals surface area (Å²) in [6.45, 7) is 17.4. The van der Waals surface area contributed by atoms with Crippen LogP contribution in [0.3, 0.4) is 0 Å². The van der Waals surface area contributed by atoms with Crippen molar-refractivity contribution >= 4 is 41.2 Å². The predicted molar refractivity (Wildman–Crippen MR) is 131 cm³/mol. The van der Waals surface area contributed by atoms with E-state index in [1.807, 2.05) is 26.8 Å². The maximum atomic E-state index is 12.6. The average molecular weight is 490 g/mol. The summed E-state index contributed by atoms with van der Waals surface area (Å²) in [6.07, 6.45) is 2.25. The fourth-order valence-electron chi connectivity index (χ4n) is 3.27. The monoisotopic (exact) mass is 488 g/mol. The van der Waals surface area contributed by atoms with Gasteiger partial charge < -0.3 is 14.4 Å². The molecule has 1 aromatic carbocycles. The van der Waals surface area contributed by atoms with Gasteiger partial charge in [-0.1, -0.05) is 47.8 Å². The highest BCUT2D eigenvalue weighted by Gasteiger charge is 2.36. The summed E-state index contributed by atoms with van der Waals surface area (Å²) in [6, 6.07) is 3.52. The molecule has 5 nitrogen and oxygen atoms in total. The highest BCUT2D eigenvalue weighted by atomic mass is 35.5. The minimum Gasteiger partial charge on any atom is -0.489 e. The van der Waals surface area contributed by atoms with Gasteiger partial charge in [0.1, 0.15) is 18.0 Å². The molecule has 0 saturated carbocycles. The summed E-state index contributed by atoms with van der Waals surface area (Å²) < 4.78 is 15.1. The van der Waals surface area contributed by atoms with Crippen LogP contribution < -0.4 is 9.46 Å². The fourth-order valence-corrected chi connectivity index (χ4v) is 4.39. The zero-order valence-corrected chi connectivity index (χ0v) is 21.6. The molecule has 1 heterocycles. The molecular formula is C23H34Cl2N2O3S. The van der Waals surface area contributed by atoms with Gasteiger partial charge in [-0.05, 0) is 59.9 Å². The maximum Gasteiger partial charge on any atom is 0.410 e. The second kappa shape index (κ2) is 10.7. The van der Waals surface area contributed by atoms with E-state index in [1.165, 1.54) is 0 Å². The van der Waals surface area contributed by atoms with Crippen LogP contribution >= 0.6 is 35.1 Å². The molecule has 2 atom stereocenters. The van der Waals surface area contributed by atoms with E-state index in [1.54, 1.807) is 29.0 Å². The number of nitrogens with one attached hydrogen (secondary N) is 1. The number of carbonyl (C=O) groups excluding carboxylic acids is 1. The van der Waals surface area contributed by atoms with Gasteiger partial charge in [0, 0.05) is 29.5 Å². The zero-order chi connectivity index (χ0) is 23.4. The van der Waals surface area contributed by atoms with Crippen molar-refractivity contribution in [2.24, 2.45) is 5.92 Å². The number of likely N-dealkylation sites (tertiary alicyclic amines) is 1. The van der Waals surface area contributed by atoms with Gasteiger partial charge in [-0.3, -0.25) is 4.72 Å². The third-order valence-corrected chi connectivity index (χ3v) is 6.29. The Morgan fingerprint density at radius 3 is 2.52 bits per heavy atom. The number of hydrogen-bond acceptors (Lipinski definition) is 5. The first-order chi connectivity index (χ1) is 14.3. The molecule has 0 radical (unpaired) electrons. The van der Waals surface area contributed by atoms with Crippen molar-refractivity contribution in [1.82, 2.24) is 9.62 Å². The lowest BCUT2D eigenvalue weighted by atomic mass is 9.92. The number of carbonyl (C=O) groups is 1. The fraction of sp³-hybridized carbons (Fsp3) is 0.609. The first-order valence-corrected chi connectivity index (χ1v) is 12.0. The summed E-state index contributed by atoms with van der Waals surface area (Å²) in [5.74, 6) is 0.822. The largest absolute Gasteiger partial charge is 0.489 e. The SMILES string of the molecule is C=CCOc1cc(Cl)c(Cl)cc1C(NSC(C)(C)C)[C@H]1CCN(C(=O)OC(C)(C)C)C1. The molecule has 2 rings (SSSR count). The van der Waals surface area contributed by atoms with Crippen molar-refractivity contribution in [3.8, 4) is 5.75 Å². The molecule has 8 heteroatoms. The van der Waals surface area contributed by atoms with E-state index < -0.39 is 5.60 Å². The lowest BCUT2D eigenvalue weighted by molar-refractivity contribution is 0.0286. The Bertz CT molecular complexity index is 790. The Labute approximate surface area is 201 Å². The molecule has 0 aromatic heterocycles. The van der Waals surface area contributed by atoms with Gasteiger partial charge in [0.05, 0.1) is 16.1 Å². The lowest BCUT2D eigenvalue weighted by Gasteiger charge is -2.30. The van der Waals surface area contributed by atoms with Crippen LogP contribution in [0.4, 0.5) is 4.79 Å². The second-order valence-corrected chi connectivity index (χ2v) is 12.2. The van der Waals surface area contributed by atoms with Crippen LogP contribution in [0.25, 0.3) is 0 Å². The standard InChI is InChI=1S/C23H34Cl2N2O3S/c1-8-11-29-19-13-18(25)17(24)12-16(19)20(26-31-23(5,6)7)15-9-10-27(14-15)21(28)30-22(2,3)4/h8,12-13,15,20,26H,1,9-11,14H2,2-7H3/t15-,20?/m0/s1. The third-order valence-electron chi connectivity index (χ3n) is 4.58. The van der Waals surface area contributed by atoms with E-state index in [2.05, 4.69) is 32.1 Å². The van der Waals surface area contributed by atoms with Gasteiger partial charge in [0.15, 0.2) is 0 Å². The number of rotatable bonds is 7. The summed E-state index contributed by atoms with van der Waals surface area (Å²) in [5.41, 5.74) is 0.397. The van der Waals surface area contributed by atoms with E-state index in [0.717, 1.165) is 12.0 Å². The van der Waals surface area contributed by atoms with Crippen molar-refractivity contribution < 1.29 is 14.3 Å². The molecule has 31 heavy (non-hydrogen) atoms. The summed E-state index contributed by atoms with van der Waals surface area (Å²) in [5, 5.41) is 0.908. The van der Waals surface area contributed by atoms with E-state index in [0.29, 0.717) is 35.5 Å². The predicted octanol–water partition coefficient (Wildman–Crippen LogP) is 6.89. The van der Waals surface area contributed by atoms with Crippen LogP contribution in [-0.2, 0) is 4.74 Å². The number of hydrogen-bond donors (Lipinski definition) is 1. The Balaban J connectivity index is 2.33. The summed E-state index contributed by atoms with van der Waals surface area (Å²) >= 11 is 14.3. The smallest absolute Gasteiger partial charge is 0.410 e. The number of amides is 1. The van der Waals surface area contributed by atoms with E-state index >= 15 is 0 Å². The van der Waals surface area contributed by atoms with Gasteiger partial charge in [0.25, 0.3) is 0 Å². The normalized spacial score (nSPS) is 18.1. The highest BCUT2D eigenvalue weighted by molar-refractivity contribution is 7.98. The van der Waals surface area contributed by atoms with Crippen LogP contribution in [0.5, 0.6) is 5.75 Å². The molecule has 1 fully saturated rings. The molecule has 0 aliphatic carbocycles. The van der Waals surface area contributed by atoms with Gasteiger partial charge >= 0.3 is 6.09 Å². The van der Waals surface area contributed by atoms with Crippen molar-refractivity contribution in [3.63, 3.8) is 0 Å². The van der Waals surface area contributed by atoms with Crippen molar-refractivity contribution in [1.29, 1.82) is 0 Å². The molecular weight excluding hydrogens is 455 g/mol. The first kappa shape index (κ1) is 26.2. The number of halogens is 2. The minimum absolute atomic E-state index is 0.0000631. The van der Waals surface area contributed by atoms with Crippen LogP contribution in [-0.4, -0.2) is 41.0 Å². The average Bonchev–Trinajstić information content (AvgIpc) is 3.11. The van der Waals surface area contributed by atoms with E-state index in [9.17, 15) is 4.79 Å². The Hall–Kier alpha value is -1.08. The van der Waals surface area contributed by atoms with Crippen LogP contribution in [0.2, 0.25) is 10.0 Å². The molecule has 1 N–H and O–H groups in total. The van der Waals surface area contributed by atoms with Crippen LogP contribution in [0, 0.1) is 5.92 Å². The molecule has 0 spiro atoms. The maximum absolute atomic E-state index is 12.6. The molecule has 1 aliphatic heterocycles. The van der Waals surface area contributed by atoms with Crippen molar-refractivity contribution in [2.75, 3.05) is 19.7 Å². The number of ether oxygens (including phenoxy) is 2. The molecule has 0 bridgehead atoms. The molecule has 1 aromatic rings. The first-order valence-electron chi connectivity index (χ1n) is 10.4. The van der Waals surface area contributed by atoms with Gasteiger partial charge in [-0.25, -0.2) is 4.79 Å². The summed E-state index contributed by atoms with van der Waals surface area (Å²) in [4.78, 5) is 14.4. The quantitative estimate of drug-likeness (QED) is 0.334. The Kier molecular flexibility index (Phi) is 9.03. The van der Waals surface area contributed by atoms with Crippen molar-refractivity contribution in [2.45, 2.75) is 64.4 Å². The Morgan fingerprint density at radius 1 is 1.29 bits per heavy atom. The van der Waals surface area contributed by atoms with Gasteiger partial charge in [-0.15, -0.1) is 0 Å². The topological polar surface area (TPSA) is 50.8 Å². The van der Waals surface area contributed by atoms with E-state index in [-0.39, 0.29) is 22.8 Å². The molecule has 174 valence electrons. The molecule has 1 saturated heterocycles. The van der Waals surface area contributed by atoms with Gasteiger partial charge in [0.2, 0.25) is 0 Å². The molecule has 1 amide bonds. The lowest BCUT2D eigenvalue weighted by Crippen LogP contribution is -2.36. The number of nitrogens with zero attached hydrogens (tertiary/aromatic N) is 1. The minimum atomic E-state index is -0.524. The molecule has 1 unspecified atom stereocenters.